The minimum absolute atomic E-state index is 0.427. The molecule has 0 amide bonds. The lowest BCUT2D eigenvalue weighted by atomic mass is 9.97. The molecule has 0 radical (unpaired) electrons. The van der Waals surface area contributed by atoms with E-state index in [1.807, 2.05) is 24.3 Å². The standard InChI is InChI=1S/C15H17NO/c1-2-6-13(12-7-4-3-5-8-12)14-9-10-17-15(14)11-16/h3-10H,2,11,16H2,1H3/b13-6-. The third-order valence-corrected chi connectivity index (χ3v) is 2.71. The van der Waals surface area contributed by atoms with Gasteiger partial charge in [-0.15, -0.1) is 0 Å². The van der Waals surface area contributed by atoms with Crippen LogP contribution >= 0.6 is 0 Å². The lowest BCUT2D eigenvalue weighted by Crippen LogP contribution is -1.98. The number of hydrogen-bond donors (Lipinski definition) is 1. The van der Waals surface area contributed by atoms with E-state index in [1.54, 1.807) is 6.26 Å². The summed E-state index contributed by atoms with van der Waals surface area (Å²) in [5, 5.41) is 0. The van der Waals surface area contributed by atoms with Crippen molar-refractivity contribution in [3.63, 3.8) is 0 Å². The minimum Gasteiger partial charge on any atom is -0.467 e. The summed E-state index contributed by atoms with van der Waals surface area (Å²) in [6.45, 7) is 2.56. The van der Waals surface area contributed by atoms with Crippen LogP contribution in [0.1, 0.15) is 30.2 Å². The van der Waals surface area contributed by atoms with Gasteiger partial charge in [0.05, 0.1) is 12.8 Å². The molecule has 0 spiro atoms. The van der Waals surface area contributed by atoms with Crippen molar-refractivity contribution in [1.29, 1.82) is 0 Å². The molecule has 0 aliphatic heterocycles. The first-order chi connectivity index (χ1) is 8.36. The van der Waals surface area contributed by atoms with Crippen molar-refractivity contribution in [3.05, 3.63) is 65.6 Å². The number of hydrogen-bond acceptors (Lipinski definition) is 2. The van der Waals surface area contributed by atoms with Gasteiger partial charge in [-0.3, -0.25) is 0 Å². The number of furan rings is 1. The first kappa shape index (κ1) is 11.7. The zero-order valence-corrected chi connectivity index (χ0v) is 10.0. The molecule has 0 aliphatic rings. The van der Waals surface area contributed by atoms with Gasteiger partial charge >= 0.3 is 0 Å². The number of nitrogens with two attached hydrogens (primary N) is 1. The Balaban J connectivity index is 2.47. The van der Waals surface area contributed by atoms with Gasteiger partial charge in [-0.25, -0.2) is 0 Å². The highest BCUT2D eigenvalue weighted by atomic mass is 16.3. The topological polar surface area (TPSA) is 39.2 Å². The highest BCUT2D eigenvalue weighted by Crippen LogP contribution is 2.27. The average molecular weight is 227 g/mol. The molecule has 2 heteroatoms. The highest BCUT2D eigenvalue weighted by molar-refractivity contribution is 5.80. The Morgan fingerprint density at radius 3 is 2.65 bits per heavy atom. The largest absolute Gasteiger partial charge is 0.467 e. The molecule has 88 valence electrons. The summed E-state index contributed by atoms with van der Waals surface area (Å²) in [6.07, 6.45) is 4.89. The Bertz CT molecular complexity index is 497. The molecule has 0 unspecified atom stereocenters. The second kappa shape index (κ2) is 5.51. The van der Waals surface area contributed by atoms with Crippen LogP contribution in [0.25, 0.3) is 5.57 Å². The Morgan fingerprint density at radius 2 is 2.00 bits per heavy atom. The molecule has 1 aromatic heterocycles. The Kier molecular flexibility index (Phi) is 3.78. The van der Waals surface area contributed by atoms with Crippen LogP contribution in [0.4, 0.5) is 0 Å². The van der Waals surface area contributed by atoms with Gasteiger partial charge in [0.25, 0.3) is 0 Å². The molecule has 2 N–H and O–H groups in total. The SMILES string of the molecule is CC/C=C(/c1ccccc1)c1ccoc1CN. The lowest BCUT2D eigenvalue weighted by molar-refractivity contribution is 0.511. The first-order valence-corrected chi connectivity index (χ1v) is 5.89. The first-order valence-electron chi connectivity index (χ1n) is 5.89. The molecule has 17 heavy (non-hydrogen) atoms. The van der Waals surface area contributed by atoms with Gasteiger partial charge in [0.1, 0.15) is 5.76 Å². The van der Waals surface area contributed by atoms with E-state index in [4.69, 9.17) is 10.2 Å². The second-order valence-electron chi connectivity index (χ2n) is 3.85. The van der Waals surface area contributed by atoms with Gasteiger partial charge in [0.2, 0.25) is 0 Å². The molecule has 2 nitrogen and oxygen atoms in total. The molecule has 0 aliphatic carbocycles. The number of benzene rings is 1. The van der Waals surface area contributed by atoms with Crippen LogP contribution in [-0.4, -0.2) is 0 Å². The van der Waals surface area contributed by atoms with Gasteiger partial charge < -0.3 is 10.2 Å². The van der Waals surface area contributed by atoms with E-state index in [2.05, 4.69) is 25.1 Å². The highest BCUT2D eigenvalue weighted by Gasteiger charge is 2.11. The van der Waals surface area contributed by atoms with Crippen LogP contribution in [0.3, 0.4) is 0 Å². The summed E-state index contributed by atoms with van der Waals surface area (Å²) >= 11 is 0. The van der Waals surface area contributed by atoms with Crippen LogP contribution in [-0.2, 0) is 6.54 Å². The van der Waals surface area contributed by atoms with Crippen molar-refractivity contribution in [2.75, 3.05) is 0 Å². The van der Waals surface area contributed by atoms with Crippen LogP contribution in [0, 0.1) is 0 Å². The molecule has 0 bridgehead atoms. The van der Waals surface area contributed by atoms with E-state index >= 15 is 0 Å². The molecule has 1 aromatic carbocycles. The van der Waals surface area contributed by atoms with E-state index in [-0.39, 0.29) is 0 Å². The van der Waals surface area contributed by atoms with Crippen LogP contribution in [0.15, 0.2) is 53.2 Å². The predicted molar refractivity (Wildman–Crippen MR) is 70.4 cm³/mol. The molecular formula is C15H17NO. The van der Waals surface area contributed by atoms with Crippen molar-refractivity contribution in [2.45, 2.75) is 19.9 Å². The molecule has 0 saturated heterocycles. The fraction of sp³-hybridized carbons (Fsp3) is 0.200. The van der Waals surface area contributed by atoms with E-state index in [0.29, 0.717) is 6.54 Å². The molecule has 0 atom stereocenters. The van der Waals surface area contributed by atoms with Crippen LogP contribution in [0.2, 0.25) is 0 Å². The van der Waals surface area contributed by atoms with Gasteiger partial charge in [-0.2, -0.15) is 0 Å². The summed E-state index contributed by atoms with van der Waals surface area (Å²) in [5.74, 6) is 0.841. The fourth-order valence-corrected chi connectivity index (χ4v) is 1.94. The van der Waals surface area contributed by atoms with Crippen molar-refractivity contribution >= 4 is 5.57 Å². The summed E-state index contributed by atoms with van der Waals surface area (Å²) in [7, 11) is 0. The monoisotopic (exact) mass is 227 g/mol. The maximum Gasteiger partial charge on any atom is 0.125 e. The molecule has 0 fully saturated rings. The number of allylic oxidation sites excluding steroid dienone is 1. The van der Waals surface area contributed by atoms with Gasteiger partial charge in [-0.1, -0.05) is 43.3 Å². The van der Waals surface area contributed by atoms with Gasteiger partial charge in [0.15, 0.2) is 0 Å². The zero-order chi connectivity index (χ0) is 12.1. The molecule has 2 rings (SSSR count). The van der Waals surface area contributed by atoms with E-state index in [1.165, 1.54) is 11.1 Å². The normalized spacial score (nSPS) is 11.8. The maximum absolute atomic E-state index is 5.69. The van der Waals surface area contributed by atoms with Crippen molar-refractivity contribution in [2.24, 2.45) is 5.73 Å². The minimum atomic E-state index is 0.427. The molecule has 0 saturated carbocycles. The Hall–Kier alpha value is -1.80. The molecular weight excluding hydrogens is 210 g/mol. The summed E-state index contributed by atoms with van der Waals surface area (Å²) in [5.41, 5.74) is 9.18. The van der Waals surface area contributed by atoms with Gasteiger partial charge in [0, 0.05) is 5.56 Å². The summed E-state index contributed by atoms with van der Waals surface area (Å²) < 4.78 is 5.40. The lowest BCUT2D eigenvalue weighted by Gasteiger charge is -2.07. The summed E-state index contributed by atoms with van der Waals surface area (Å²) in [6, 6.07) is 12.3. The second-order valence-corrected chi connectivity index (χ2v) is 3.85. The third-order valence-electron chi connectivity index (χ3n) is 2.71. The van der Waals surface area contributed by atoms with Gasteiger partial charge in [-0.05, 0) is 23.6 Å². The van der Waals surface area contributed by atoms with E-state index in [0.717, 1.165) is 17.7 Å². The van der Waals surface area contributed by atoms with Crippen molar-refractivity contribution in [3.8, 4) is 0 Å². The van der Waals surface area contributed by atoms with E-state index < -0.39 is 0 Å². The van der Waals surface area contributed by atoms with E-state index in [9.17, 15) is 0 Å². The third kappa shape index (κ3) is 2.48. The quantitative estimate of drug-likeness (QED) is 0.867. The average Bonchev–Trinajstić information content (AvgIpc) is 2.85. The maximum atomic E-state index is 5.69. The Labute approximate surface area is 102 Å². The molecule has 2 aromatic rings. The van der Waals surface area contributed by atoms with Crippen LogP contribution < -0.4 is 5.73 Å². The zero-order valence-electron chi connectivity index (χ0n) is 10.0. The molecule has 1 heterocycles. The Morgan fingerprint density at radius 1 is 1.24 bits per heavy atom. The smallest absolute Gasteiger partial charge is 0.125 e. The van der Waals surface area contributed by atoms with Crippen molar-refractivity contribution < 1.29 is 4.42 Å². The summed E-state index contributed by atoms with van der Waals surface area (Å²) in [4.78, 5) is 0. The van der Waals surface area contributed by atoms with Crippen LogP contribution in [0.5, 0.6) is 0 Å². The number of rotatable bonds is 4. The fourth-order valence-electron chi connectivity index (χ4n) is 1.94. The predicted octanol–water partition coefficient (Wildman–Crippen LogP) is 3.58. The van der Waals surface area contributed by atoms with Crippen molar-refractivity contribution in [1.82, 2.24) is 0 Å².